The van der Waals surface area contributed by atoms with Gasteiger partial charge in [0.1, 0.15) is 0 Å². The molecule has 1 aliphatic heterocycles. The van der Waals surface area contributed by atoms with Crippen LogP contribution in [0.3, 0.4) is 0 Å². The zero-order chi connectivity index (χ0) is 12.5. The molecule has 1 aromatic rings. The highest BCUT2D eigenvalue weighted by molar-refractivity contribution is 5.81. The van der Waals surface area contributed by atoms with Gasteiger partial charge in [0.25, 0.3) is 0 Å². The molecule has 2 fully saturated rings. The highest BCUT2D eigenvalue weighted by atomic mass is 16.2. The van der Waals surface area contributed by atoms with Gasteiger partial charge in [0.2, 0.25) is 5.91 Å². The lowest BCUT2D eigenvalue weighted by Crippen LogP contribution is -2.37. The molecule has 0 spiro atoms. The number of carbonyl (C=O) groups is 1. The zero-order valence-corrected chi connectivity index (χ0v) is 11.1. The summed E-state index contributed by atoms with van der Waals surface area (Å²) in [5.41, 5.74) is 2.66. The van der Waals surface area contributed by atoms with E-state index in [2.05, 4.69) is 36.1 Å². The predicted octanol–water partition coefficient (Wildman–Crippen LogP) is 2.94. The minimum absolute atomic E-state index is 0.364. The maximum Gasteiger partial charge on any atom is 0.225 e. The summed E-state index contributed by atoms with van der Waals surface area (Å²) in [4.78, 5) is 14.3. The van der Waals surface area contributed by atoms with Gasteiger partial charge in [0, 0.05) is 18.5 Å². The van der Waals surface area contributed by atoms with Crippen LogP contribution >= 0.6 is 0 Å². The first-order valence-corrected chi connectivity index (χ1v) is 7.10. The summed E-state index contributed by atoms with van der Waals surface area (Å²) in [6.07, 6.45) is 5.61. The molecular weight excluding hydrogens is 222 g/mol. The van der Waals surface area contributed by atoms with Gasteiger partial charge >= 0.3 is 0 Å². The molecule has 1 atom stereocenters. The van der Waals surface area contributed by atoms with Crippen molar-refractivity contribution in [3.05, 3.63) is 35.4 Å². The standard InChI is InChI=1S/C16H21NO/c1-12-4-6-13(7-5-12)11-15-3-2-10-17(15)16(18)14-8-9-14/h4-7,14-15H,2-3,8-11H2,1H3. The molecule has 18 heavy (non-hydrogen) atoms. The van der Waals surface area contributed by atoms with Crippen molar-refractivity contribution in [1.29, 1.82) is 0 Å². The average Bonchev–Trinajstić information content (AvgIpc) is 3.12. The number of benzene rings is 1. The highest BCUT2D eigenvalue weighted by Crippen LogP contribution is 2.34. The topological polar surface area (TPSA) is 20.3 Å². The lowest BCUT2D eigenvalue weighted by atomic mass is 10.0. The van der Waals surface area contributed by atoms with Gasteiger partial charge in [-0.3, -0.25) is 4.79 Å². The van der Waals surface area contributed by atoms with Crippen molar-refractivity contribution < 1.29 is 4.79 Å². The summed E-state index contributed by atoms with van der Waals surface area (Å²) in [5.74, 6) is 0.785. The molecule has 0 bridgehead atoms. The molecule has 3 rings (SSSR count). The predicted molar refractivity (Wildman–Crippen MR) is 72.3 cm³/mol. The Morgan fingerprint density at radius 2 is 1.94 bits per heavy atom. The highest BCUT2D eigenvalue weighted by Gasteiger charge is 2.38. The van der Waals surface area contributed by atoms with Crippen molar-refractivity contribution in [1.82, 2.24) is 4.90 Å². The van der Waals surface area contributed by atoms with Crippen LogP contribution in [0.5, 0.6) is 0 Å². The van der Waals surface area contributed by atoms with Gasteiger partial charge in [-0.1, -0.05) is 29.8 Å². The fourth-order valence-electron chi connectivity index (χ4n) is 2.90. The third kappa shape index (κ3) is 2.43. The van der Waals surface area contributed by atoms with Crippen molar-refractivity contribution in [3.8, 4) is 0 Å². The van der Waals surface area contributed by atoms with Crippen LogP contribution in [0.2, 0.25) is 0 Å². The summed E-state index contributed by atoms with van der Waals surface area (Å²) in [7, 11) is 0. The van der Waals surface area contributed by atoms with E-state index in [1.807, 2.05) is 0 Å². The molecule has 2 heteroatoms. The van der Waals surface area contributed by atoms with E-state index in [9.17, 15) is 4.79 Å². The van der Waals surface area contributed by atoms with E-state index in [0.29, 0.717) is 17.9 Å². The number of likely N-dealkylation sites (tertiary alicyclic amines) is 1. The van der Waals surface area contributed by atoms with Crippen LogP contribution in [0.1, 0.15) is 36.8 Å². The Hall–Kier alpha value is -1.31. The zero-order valence-electron chi connectivity index (χ0n) is 11.1. The summed E-state index contributed by atoms with van der Waals surface area (Å²) in [6, 6.07) is 9.18. The fourth-order valence-corrected chi connectivity index (χ4v) is 2.90. The lowest BCUT2D eigenvalue weighted by molar-refractivity contribution is -0.133. The van der Waals surface area contributed by atoms with Gasteiger partial charge in [0.05, 0.1) is 0 Å². The Balaban J connectivity index is 1.67. The molecule has 0 N–H and O–H groups in total. The Morgan fingerprint density at radius 3 is 2.61 bits per heavy atom. The first kappa shape index (κ1) is 11.8. The van der Waals surface area contributed by atoms with Crippen LogP contribution < -0.4 is 0 Å². The Labute approximate surface area is 109 Å². The van der Waals surface area contributed by atoms with E-state index < -0.39 is 0 Å². The van der Waals surface area contributed by atoms with Gasteiger partial charge in [-0.05, 0) is 44.6 Å². The van der Waals surface area contributed by atoms with Crippen LogP contribution in [0.25, 0.3) is 0 Å². The molecule has 1 aromatic carbocycles. The van der Waals surface area contributed by atoms with Crippen LogP contribution in [0.15, 0.2) is 24.3 Å². The van der Waals surface area contributed by atoms with Gasteiger partial charge in [-0.2, -0.15) is 0 Å². The second-order valence-electron chi connectivity index (χ2n) is 5.79. The first-order valence-electron chi connectivity index (χ1n) is 7.10. The van der Waals surface area contributed by atoms with E-state index in [4.69, 9.17) is 0 Å². The summed E-state index contributed by atoms with van der Waals surface area (Å²) < 4.78 is 0. The first-order chi connectivity index (χ1) is 8.74. The van der Waals surface area contributed by atoms with E-state index >= 15 is 0 Å². The number of carbonyl (C=O) groups excluding carboxylic acids is 1. The normalized spacial score (nSPS) is 23.4. The summed E-state index contributed by atoms with van der Waals surface area (Å²) in [5, 5.41) is 0. The smallest absolute Gasteiger partial charge is 0.225 e. The van der Waals surface area contributed by atoms with Crippen molar-refractivity contribution in [2.24, 2.45) is 5.92 Å². The second kappa shape index (κ2) is 4.75. The largest absolute Gasteiger partial charge is 0.339 e. The molecular formula is C16H21NO. The second-order valence-corrected chi connectivity index (χ2v) is 5.79. The Kier molecular flexibility index (Phi) is 3.11. The fraction of sp³-hybridized carbons (Fsp3) is 0.562. The monoisotopic (exact) mass is 243 g/mol. The number of hydrogen-bond donors (Lipinski definition) is 0. The van der Waals surface area contributed by atoms with E-state index in [0.717, 1.165) is 25.8 Å². The Morgan fingerprint density at radius 1 is 1.22 bits per heavy atom. The van der Waals surface area contributed by atoms with Crippen LogP contribution in [-0.4, -0.2) is 23.4 Å². The maximum atomic E-state index is 12.2. The van der Waals surface area contributed by atoms with E-state index in [-0.39, 0.29) is 0 Å². The molecule has 1 saturated heterocycles. The number of aryl methyl sites for hydroxylation is 1. The minimum Gasteiger partial charge on any atom is -0.339 e. The van der Waals surface area contributed by atoms with Gasteiger partial charge < -0.3 is 4.90 Å². The van der Waals surface area contributed by atoms with E-state index in [1.165, 1.54) is 24.0 Å². The molecule has 1 heterocycles. The number of amides is 1. The molecule has 96 valence electrons. The van der Waals surface area contributed by atoms with Crippen molar-refractivity contribution in [3.63, 3.8) is 0 Å². The van der Waals surface area contributed by atoms with Gasteiger partial charge in [0.15, 0.2) is 0 Å². The quantitative estimate of drug-likeness (QED) is 0.799. The van der Waals surface area contributed by atoms with Gasteiger partial charge in [-0.15, -0.1) is 0 Å². The number of rotatable bonds is 3. The molecule has 0 radical (unpaired) electrons. The molecule has 1 aliphatic carbocycles. The summed E-state index contributed by atoms with van der Waals surface area (Å²) >= 11 is 0. The van der Waals surface area contributed by atoms with Crippen LogP contribution in [-0.2, 0) is 11.2 Å². The molecule has 1 saturated carbocycles. The molecule has 1 unspecified atom stereocenters. The maximum absolute atomic E-state index is 12.2. The van der Waals surface area contributed by atoms with Gasteiger partial charge in [-0.25, -0.2) is 0 Å². The van der Waals surface area contributed by atoms with Crippen LogP contribution in [0.4, 0.5) is 0 Å². The summed E-state index contributed by atoms with van der Waals surface area (Å²) in [6.45, 7) is 3.09. The van der Waals surface area contributed by atoms with Crippen LogP contribution in [0, 0.1) is 12.8 Å². The van der Waals surface area contributed by atoms with E-state index in [1.54, 1.807) is 0 Å². The number of hydrogen-bond acceptors (Lipinski definition) is 1. The van der Waals surface area contributed by atoms with Crippen molar-refractivity contribution in [2.45, 2.75) is 45.1 Å². The molecule has 1 amide bonds. The third-order valence-electron chi connectivity index (χ3n) is 4.18. The average molecular weight is 243 g/mol. The molecule has 0 aromatic heterocycles. The molecule has 2 nitrogen and oxygen atoms in total. The van der Waals surface area contributed by atoms with Crippen molar-refractivity contribution >= 4 is 5.91 Å². The Bertz CT molecular complexity index is 433. The third-order valence-corrected chi connectivity index (χ3v) is 4.18. The molecule has 2 aliphatic rings. The van der Waals surface area contributed by atoms with Crippen molar-refractivity contribution in [2.75, 3.05) is 6.54 Å². The number of nitrogens with zero attached hydrogens (tertiary/aromatic N) is 1. The minimum atomic E-state index is 0.364. The SMILES string of the molecule is Cc1ccc(CC2CCCN2C(=O)C2CC2)cc1. The lowest BCUT2D eigenvalue weighted by Gasteiger charge is -2.25.